The van der Waals surface area contributed by atoms with Gasteiger partial charge in [0.25, 0.3) is 0 Å². The quantitative estimate of drug-likeness (QED) is 0.515. The Morgan fingerprint density at radius 3 is 1.59 bits per heavy atom. The molecule has 0 fully saturated rings. The summed E-state index contributed by atoms with van der Waals surface area (Å²) in [5, 5.41) is 0. The van der Waals surface area contributed by atoms with Crippen molar-refractivity contribution in [2.75, 3.05) is 17.2 Å². The second-order valence-electron chi connectivity index (χ2n) is 6.05. The number of aromatic nitrogens is 4. The molecular weight excluding hydrogens is 338 g/mol. The van der Waals surface area contributed by atoms with Crippen LogP contribution in [-0.4, -0.2) is 19.9 Å². The van der Waals surface area contributed by atoms with Gasteiger partial charge in [0.15, 0.2) is 0 Å². The molecule has 7 heteroatoms. The summed E-state index contributed by atoms with van der Waals surface area (Å²) in [6.07, 6.45) is 5.01. The smallest absolute Gasteiger partial charge is 0.0914 e. The van der Waals surface area contributed by atoms with Crippen molar-refractivity contribution in [2.24, 2.45) is 0 Å². The van der Waals surface area contributed by atoms with Crippen LogP contribution in [0.2, 0.25) is 0 Å². The van der Waals surface area contributed by atoms with E-state index in [9.17, 15) is 0 Å². The molecule has 0 atom stereocenters. The number of nitrogen functional groups attached to an aromatic ring is 3. The van der Waals surface area contributed by atoms with Gasteiger partial charge in [-0.15, -0.1) is 0 Å². The highest BCUT2D eigenvalue weighted by atomic mass is 14.8. The summed E-state index contributed by atoms with van der Waals surface area (Å²) < 4.78 is 0. The second-order valence-corrected chi connectivity index (χ2v) is 6.05. The monoisotopic (exact) mass is 355 g/mol. The van der Waals surface area contributed by atoms with Gasteiger partial charge in [-0.1, -0.05) is 0 Å². The number of pyridine rings is 4. The molecule has 6 N–H and O–H groups in total. The van der Waals surface area contributed by atoms with Gasteiger partial charge in [-0.3, -0.25) is 15.0 Å². The fraction of sp³-hybridized carbons (Fsp3) is 0. The van der Waals surface area contributed by atoms with Gasteiger partial charge in [-0.05, 0) is 48.5 Å². The van der Waals surface area contributed by atoms with Crippen LogP contribution in [0.3, 0.4) is 0 Å². The number of anilines is 3. The van der Waals surface area contributed by atoms with E-state index in [2.05, 4.69) is 15.0 Å². The number of nitrogens with zero attached hydrogens (tertiary/aromatic N) is 4. The zero-order chi connectivity index (χ0) is 18.8. The van der Waals surface area contributed by atoms with Crippen molar-refractivity contribution in [2.45, 2.75) is 0 Å². The molecule has 0 aromatic carbocycles. The summed E-state index contributed by atoms with van der Waals surface area (Å²) in [6.45, 7) is 0. The minimum Gasteiger partial charge on any atom is -0.399 e. The molecule has 0 saturated heterocycles. The maximum absolute atomic E-state index is 6.10. The van der Waals surface area contributed by atoms with Crippen molar-refractivity contribution >= 4 is 17.1 Å². The van der Waals surface area contributed by atoms with Gasteiger partial charge in [-0.2, -0.15) is 0 Å². The first-order chi connectivity index (χ1) is 13.1. The summed E-state index contributed by atoms with van der Waals surface area (Å²) >= 11 is 0. The molecule has 0 unspecified atom stereocenters. The van der Waals surface area contributed by atoms with E-state index in [4.69, 9.17) is 22.2 Å². The van der Waals surface area contributed by atoms with Crippen molar-refractivity contribution in [1.82, 2.24) is 19.9 Å². The molecule has 132 valence electrons. The molecule has 0 aliphatic rings. The fourth-order valence-electron chi connectivity index (χ4n) is 2.73. The highest BCUT2D eigenvalue weighted by Crippen LogP contribution is 2.27. The highest BCUT2D eigenvalue weighted by molar-refractivity contribution is 5.73. The Balaban J connectivity index is 1.79. The molecule has 4 rings (SSSR count). The third kappa shape index (κ3) is 3.52. The lowest BCUT2D eigenvalue weighted by molar-refractivity contribution is 1.23. The predicted molar refractivity (Wildman–Crippen MR) is 107 cm³/mol. The number of nitrogens with two attached hydrogens (primary N) is 3. The van der Waals surface area contributed by atoms with Gasteiger partial charge < -0.3 is 17.2 Å². The van der Waals surface area contributed by atoms with Crippen LogP contribution in [0, 0.1) is 0 Å². The fourth-order valence-corrected chi connectivity index (χ4v) is 2.73. The van der Waals surface area contributed by atoms with E-state index in [1.165, 1.54) is 0 Å². The number of hydrogen-bond acceptors (Lipinski definition) is 7. The Morgan fingerprint density at radius 2 is 0.963 bits per heavy atom. The average Bonchev–Trinajstić information content (AvgIpc) is 2.68. The van der Waals surface area contributed by atoms with Crippen molar-refractivity contribution in [3.63, 3.8) is 0 Å². The van der Waals surface area contributed by atoms with E-state index in [-0.39, 0.29) is 0 Å². The lowest BCUT2D eigenvalue weighted by Crippen LogP contribution is -1.96. The highest BCUT2D eigenvalue weighted by Gasteiger charge is 2.09. The standard InChI is InChI=1S/C20H17N7/c21-13-2-5-25-18(8-13)17-7-12(1-4-24-17)16-10-15(23)11-20(27-16)19-9-14(22)3-6-26-19/h1-11H,(H2,21,25)(H2,22,26)(H2,23,27). The van der Waals surface area contributed by atoms with Gasteiger partial charge in [0.1, 0.15) is 0 Å². The van der Waals surface area contributed by atoms with Crippen LogP contribution in [0.5, 0.6) is 0 Å². The van der Waals surface area contributed by atoms with Gasteiger partial charge in [0.2, 0.25) is 0 Å². The zero-order valence-corrected chi connectivity index (χ0v) is 14.4. The molecule has 0 radical (unpaired) electrons. The SMILES string of the molecule is Nc1ccnc(-c2cc(-c3cc(N)cc(-c4cc(N)ccn4)n3)ccn2)c1. The van der Waals surface area contributed by atoms with Crippen LogP contribution < -0.4 is 17.2 Å². The van der Waals surface area contributed by atoms with Gasteiger partial charge in [0.05, 0.1) is 28.5 Å². The molecule has 7 nitrogen and oxygen atoms in total. The first kappa shape index (κ1) is 16.5. The minimum atomic E-state index is 0.583. The topological polar surface area (TPSA) is 130 Å². The van der Waals surface area contributed by atoms with Crippen molar-refractivity contribution < 1.29 is 0 Å². The molecule has 0 aliphatic heterocycles. The lowest BCUT2D eigenvalue weighted by Gasteiger charge is -2.08. The van der Waals surface area contributed by atoms with E-state index in [0.717, 1.165) is 5.56 Å². The zero-order valence-electron chi connectivity index (χ0n) is 14.4. The maximum Gasteiger partial charge on any atom is 0.0914 e. The Labute approximate surface area is 156 Å². The largest absolute Gasteiger partial charge is 0.399 e. The molecule has 0 saturated carbocycles. The van der Waals surface area contributed by atoms with Crippen molar-refractivity contribution in [3.8, 4) is 34.0 Å². The summed E-state index contributed by atoms with van der Waals surface area (Å²) in [4.78, 5) is 17.7. The van der Waals surface area contributed by atoms with Crippen LogP contribution in [0.1, 0.15) is 0 Å². The van der Waals surface area contributed by atoms with Crippen molar-refractivity contribution in [1.29, 1.82) is 0 Å². The molecule has 0 spiro atoms. The summed E-state index contributed by atoms with van der Waals surface area (Å²) in [6, 6.07) is 14.4. The molecule has 27 heavy (non-hydrogen) atoms. The Hall–Kier alpha value is -4.00. The average molecular weight is 355 g/mol. The third-order valence-electron chi connectivity index (χ3n) is 4.00. The van der Waals surface area contributed by atoms with Crippen LogP contribution in [0.25, 0.3) is 34.0 Å². The van der Waals surface area contributed by atoms with E-state index in [1.807, 2.05) is 18.2 Å². The molecule has 4 aromatic rings. The van der Waals surface area contributed by atoms with Crippen LogP contribution in [0.15, 0.2) is 67.1 Å². The second kappa shape index (κ2) is 6.72. The van der Waals surface area contributed by atoms with Crippen LogP contribution in [-0.2, 0) is 0 Å². The van der Waals surface area contributed by atoms with E-state index in [1.54, 1.807) is 48.9 Å². The number of rotatable bonds is 3. The minimum absolute atomic E-state index is 0.583. The van der Waals surface area contributed by atoms with E-state index in [0.29, 0.717) is 45.5 Å². The van der Waals surface area contributed by atoms with Gasteiger partial charge in [0, 0.05) is 41.2 Å². The first-order valence-corrected chi connectivity index (χ1v) is 8.26. The predicted octanol–water partition coefficient (Wildman–Crippen LogP) is 3.01. The maximum atomic E-state index is 6.10. The van der Waals surface area contributed by atoms with Crippen LogP contribution in [0.4, 0.5) is 17.1 Å². The number of hydrogen-bond donors (Lipinski definition) is 3. The molecule has 4 heterocycles. The molecular formula is C20H17N7. The van der Waals surface area contributed by atoms with E-state index < -0.39 is 0 Å². The first-order valence-electron chi connectivity index (χ1n) is 8.26. The van der Waals surface area contributed by atoms with E-state index >= 15 is 0 Å². The molecule has 4 aromatic heterocycles. The Kier molecular flexibility index (Phi) is 4.10. The van der Waals surface area contributed by atoms with Crippen molar-refractivity contribution in [3.05, 3.63) is 67.1 Å². The van der Waals surface area contributed by atoms with Gasteiger partial charge in [-0.25, -0.2) is 4.98 Å². The summed E-state index contributed by atoms with van der Waals surface area (Å²) in [7, 11) is 0. The van der Waals surface area contributed by atoms with Crippen LogP contribution >= 0.6 is 0 Å². The summed E-state index contributed by atoms with van der Waals surface area (Å²) in [5.41, 5.74) is 23.9. The molecule has 0 amide bonds. The Morgan fingerprint density at radius 1 is 0.481 bits per heavy atom. The lowest BCUT2D eigenvalue weighted by atomic mass is 10.1. The normalized spacial score (nSPS) is 10.7. The third-order valence-corrected chi connectivity index (χ3v) is 4.00. The Bertz CT molecular complexity index is 1120. The molecule has 0 bridgehead atoms. The molecule has 0 aliphatic carbocycles. The van der Waals surface area contributed by atoms with Gasteiger partial charge >= 0.3 is 0 Å². The summed E-state index contributed by atoms with van der Waals surface area (Å²) in [5.74, 6) is 0.